The number of nitrogens with zero attached hydrogens (tertiary/aromatic N) is 3. The molecule has 3 aromatic rings. The van der Waals surface area contributed by atoms with Crippen molar-refractivity contribution in [2.24, 2.45) is 0 Å². The second kappa shape index (κ2) is 5.20. The fourth-order valence-corrected chi connectivity index (χ4v) is 2.33. The summed E-state index contributed by atoms with van der Waals surface area (Å²) >= 11 is 2.18. The molecule has 3 rings (SSSR count). The lowest BCUT2D eigenvalue weighted by atomic mass is 10.1. The van der Waals surface area contributed by atoms with Crippen LogP contribution in [0.4, 0.5) is 0 Å². The summed E-state index contributed by atoms with van der Waals surface area (Å²) in [5, 5.41) is 3.99. The number of hydrogen-bond acceptors (Lipinski definition) is 3. The van der Waals surface area contributed by atoms with E-state index in [9.17, 15) is 9.59 Å². The smallest absolute Gasteiger partial charge is 0.276 e. The minimum atomic E-state index is -0.219. The Hall–Kier alpha value is -1.96. The molecule has 0 spiro atoms. The van der Waals surface area contributed by atoms with Crippen LogP contribution in [0.5, 0.6) is 0 Å². The fraction of sp³-hybridized carbons (Fsp3) is 0.0714. The van der Waals surface area contributed by atoms with E-state index in [1.54, 1.807) is 36.8 Å². The van der Waals surface area contributed by atoms with Crippen LogP contribution in [0.3, 0.4) is 0 Å². The number of halogens is 1. The molecule has 2 aromatic heterocycles. The molecule has 6 heteroatoms. The molecule has 0 unspecified atom stereocenters. The van der Waals surface area contributed by atoms with E-state index in [0.717, 1.165) is 3.57 Å². The predicted octanol–water partition coefficient (Wildman–Crippen LogP) is 1.98. The Labute approximate surface area is 128 Å². The Kier molecular flexibility index (Phi) is 3.39. The van der Waals surface area contributed by atoms with E-state index in [1.165, 1.54) is 9.08 Å². The topological polar surface area (TPSA) is 56.4 Å². The molecule has 20 heavy (non-hydrogen) atoms. The van der Waals surface area contributed by atoms with Crippen LogP contribution in [0.2, 0.25) is 0 Å². The zero-order valence-corrected chi connectivity index (χ0v) is 12.5. The van der Waals surface area contributed by atoms with Crippen LogP contribution in [-0.2, 0) is 6.54 Å². The molecule has 0 bridgehead atoms. The summed E-state index contributed by atoms with van der Waals surface area (Å²) in [4.78, 5) is 24.3. The van der Waals surface area contributed by atoms with E-state index in [1.807, 2.05) is 12.1 Å². The Morgan fingerprint density at radius 3 is 2.65 bits per heavy atom. The van der Waals surface area contributed by atoms with Crippen molar-refractivity contribution in [1.29, 1.82) is 0 Å². The Balaban J connectivity index is 1.93. The zero-order chi connectivity index (χ0) is 14.1. The summed E-state index contributed by atoms with van der Waals surface area (Å²) < 4.78 is 3.96. The molecule has 5 nitrogen and oxygen atoms in total. The first kappa shape index (κ1) is 13.0. The van der Waals surface area contributed by atoms with Crippen molar-refractivity contribution in [3.8, 4) is 0 Å². The van der Waals surface area contributed by atoms with Crippen LogP contribution in [0.25, 0.3) is 5.52 Å². The molecule has 0 saturated carbocycles. The molecular weight excluding hydrogens is 369 g/mol. The quantitative estimate of drug-likeness (QED) is 0.517. The molecule has 2 heterocycles. The molecule has 0 aliphatic rings. The minimum absolute atomic E-state index is 0.0289. The normalized spacial score (nSPS) is 10.8. The van der Waals surface area contributed by atoms with Crippen molar-refractivity contribution in [2.75, 3.05) is 0 Å². The summed E-state index contributed by atoms with van der Waals surface area (Å²) in [5.74, 6) is -0.0904. The largest absolute Gasteiger partial charge is 0.304 e. The lowest BCUT2D eigenvalue weighted by molar-refractivity contribution is 0.0971. The molecule has 0 radical (unpaired) electrons. The SMILES string of the molecule is O=C(Cn1ccn2nccc2c1=O)c1ccc(I)cc1. The molecule has 0 N–H and O–H groups in total. The van der Waals surface area contributed by atoms with Gasteiger partial charge in [0, 0.05) is 21.5 Å². The van der Waals surface area contributed by atoms with Gasteiger partial charge in [-0.15, -0.1) is 0 Å². The number of ketones is 1. The molecule has 0 amide bonds. The van der Waals surface area contributed by atoms with Crippen molar-refractivity contribution in [3.63, 3.8) is 0 Å². The van der Waals surface area contributed by atoms with Gasteiger partial charge in [0.15, 0.2) is 5.78 Å². The van der Waals surface area contributed by atoms with Crippen LogP contribution in [0.1, 0.15) is 10.4 Å². The van der Waals surface area contributed by atoms with Gasteiger partial charge >= 0.3 is 0 Å². The standard InChI is InChI=1S/C14H10IN3O2/c15-11-3-1-10(2-4-11)13(19)9-17-7-8-18-12(14(17)20)5-6-16-18/h1-8H,9H2. The van der Waals surface area contributed by atoms with E-state index in [2.05, 4.69) is 27.7 Å². The number of aromatic nitrogens is 3. The second-order valence-electron chi connectivity index (χ2n) is 4.32. The molecule has 0 fully saturated rings. The summed E-state index contributed by atoms with van der Waals surface area (Å²) in [7, 11) is 0. The molecule has 0 saturated heterocycles. The minimum Gasteiger partial charge on any atom is -0.304 e. The van der Waals surface area contributed by atoms with Gasteiger partial charge < -0.3 is 4.57 Å². The van der Waals surface area contributed by atoms with Crippen molar-refractivity contribution in [3.05, 3.63) is 68.4 Å². The zero-order valence-electron chi connectivity index (χ0n) is 10.4. The molecule has 0 atom stereocenters. The van der Waals surface area contributed by atoms with Crippen molar-refractivity contribution in [1.82, 2.24) is 14.2 Å². The molecular formula is C14H10IN3O2. The molecule has 1 aromatic carbocycles. The number of Topliss-reactive ketones (excluding diaryl/α,β-unsaturated/α-hetero) is 1. The van der Waals surface area contributed by atoms with E-state index in [0.29, 0.717) is 11.1 Å². The maximum Gasteiger partial charge on any atom is 0.276 e. The van der Waals surface area contributed by atoms with E-state index in [-0.39, 0.29) is 17.9 Å². The van der Waals surface area contributed by atoms with Gasteiger partial charge in [0.1, 0.15) is 5.52 Å². The highest BCUT2D eigenvalue weighted by molar-refractivity contribution is 14.1. The van der Waals surface area contributed by atoms with Gasteiger partial charge in [0.2, 0.25) is 0 Å². The lowest BCUT2D eigenvalue weighted by Gasteiger charge is -2.05. The van der Waals surface area contributed by atoms with Crippen LogP contribution in [-0.4, -0.2) is 20.0 Å². The first-order chi connectivity index (χ1) is 9.65. The fourth-order valence-electron chi connectivity index (χ4n) is 1.97. The third-order valence-electron chi connectivity index (χ3n) is 3.02. The molecule has 0 aliphatic carbocycles. The highest BCUT2D eigenvalue weighted by Gasteiger charge is 2.09. The van der Waals surface area contributed by atoms with Crippen molar-refractivity contribution in [2.45, 2.75) is 6.54 Å². The van der Waals surface area contributed by atoms with Gasteiger partial charge in [-0.25, -0.2) is 4.52 Å². The summed E-state index contributed by atoms with van der Waals surface area (Å²) in [5.41, 5.74) is 0.845. The maximum atomic E-state index is 12.2. The van der Waals surface area contributed by atoms with Gasteiger partial charge in [-0.05, 0) is 40.8 Å². The average molecular weight is 379 g/mol. The van der Waals surface area contributed by atoms with Crippen molar-refractivity contribution < 1.29 is 4.79 Å². The van der Waals surface area contributed by atoms with E-state index in [4.69, 9.17) is 0 Å². The lowest BCUT2D eigenvalue weighted by Crippen LogP contribution is -2.25. The average Bonchev–Trinajstić information content (AvgIpc) is 2.92. The number of hydrogen-bond donors (Lipinski definition) is 0. The first-order valence-corrected chi connectivity index (χ1v) is 7.04. The third kappa shape index (κ3) is 2.38. The highest BCUT2D eigenvalue weighted by atomic mass is 127. The Morgan fingerprint density at radius 2 is 1.90 bits per heavy atom. The summed E-state index contributed by atoms with van der Waals surface area (Å²) in [6, 6.07) is 8.92. The summed E-state index contributed by atoms with van der Waals surface area (Å²) in [6.45, 7) is 0.0289. The number of carbonyl (C=O) groups is 1. The van der Waals surface area contributed by atoms with Crippen LogP contribution in [0, 0.1) is 3.57 Å². The van der Waals surface area contributed by atoms with Gasteiger partial charge in [-0.2, -0.15) is 5.10 Å². The van der Waals surface area contributed by atoms with Crippen molar-refractivity contribution >= 4 is 33.9 Å². The first-order valence-electron chi connectivity index (χ1n) is 5.97. The second-order valence-corrected chi connectivity index (χ2v) is 5.57. The van der Waals surface area contributed by atoms with Gasteiger partial charge in [-0.3, -0.25) is 9.59 Å². The Morgan fingerprint density at radius 1 is 1.15 bits per heavy atom. The third-order valence-corrected chi connectivity index (χ3v) is 3.74. The number of fused-ring (bicyclic) bond motifs is 1. The number of benzene rings is 1. The number of carbonyl (C=O) groups excluding carboxylic acids is 1. The van der Waals surface area contributed by atoms with Crippen LogP contribution >= 0.6 is 22.6 Å². The van der Waals surface area contributed by atoms with Gasteiger partial charge in [0.25, 0.3) is 5.56 Å². The number of rotatable bonds is 3. The molecule has 100 valence electrons. The maximum absolute atomic E-state index is 12.2. The monoisotopic (exact) mass is 379 g/mol. The van der Waals surface area contributed by atoms with Gasteiger partial charge in [-0.1, -0.05) is 12.1 Å². The van der Waals surface area contributed by atoms with E-state index >= 15 is 0 Å². The van der Waals surface area contributed by atoms with Crippen LogP contribution in [0.15, 0.2) is 53.7 Å². The predicted molar refractivity (Wildman–Crippen MR) is 82.9 cm³/mol. The van der Waals surface area contributed by atoms with Crippen LogP contribution < -0.4 is 5.56 Å². The Bertz CT molecular complexity index is 833. The molecule has 0 aliphatic heterocycles. The van der Waals surface area contributed by atoms with Gasteiger partial charge in [0.05, 0.1) is 12.7 Å². The van der Waals surface area contributed by atoms with E-state index < -0.39 is 0 Å². The highest BCUT2D eigenvalue weighted by Crippen LogP contribution is 2.08. The summed E-state index contributed by atoms with van der Waals surface area (Å²) in [6.07, 6.45) is 4.80.